The average molecular weight is 288 g/mol. The zero-order valence-corrected chi connectivity index (χ0v) is 11.9. The quantitative estimate of drug-likeness (QED) is 0.751. The van der Waals surface area contributed by atoms with Crippen molar-refractivity contribution in [3.63, 3.8) is 0 Å². The van der Waals surface area contributed by atoms with Crippen LogP contribution in [0.25, 0.3) is 0 Å². The third-order valence-corrected chi connectivity index (χ3v) is 3.85. The van der Waals surface area contributed by atoms with Crippen LogP contribution in [0.2, 0.25) is 0 Å². The molecule has 2 aromatic heterocycles. The van der Waals surface area contributed by atoms with E-state index in [0.29, 0.717) is 6.04 Å². The van der Waals surface area contributed by atoms with Crippen molar-refractivity contribution in [3.8, 4) is 0 Å². The normalized spacial score (nSPS) is 18.9. The van der Waals surface area contributed by atoms with Crippen LogP contribution in [0.1, 0.15) is 24.8 Å². The third-order valence-electron chi connectivity index (χ3n) is 3.85. The van der Waals surface area contributed by atoms with Gasteiger partial charge in [-0.25, -0.2) is 5.10 Å². The molecule has 3 N–H and O–H groups in total. The molecule has 0 spiro atoms. The van der Waals surface area contributed by atoms with Gasteiger partial charge in [0.2, 0.25) is 0 Å². The van der Waals surface area contributed by atoms with Crippen LogP contribution in [-0.4, -0.2) is 39.5 Å². The number of rotatable bonds is 5. The molecule has 0 aromatic carbocycles. The fraction of sp³-hybridized carbons (Fsp3) is 0.500. The lowest BCUT2D eigenvalue weighted by Gasteiger charge is -2.36. The topological polar surface area (TPSA) is 89.7 Å². The summed E-state index contributed by atoms with van der Waals surface area (Å²) in [6, 6.07) is 3.74. The van der Waals surface area contributed by atoms with Crippen molar-refractivity contribution in [3.05, 3.63) is 40.4 Å². The lowest BCUT2D eigenvalue weighted by atomic mass is 10.0. The van der Waals surface area contributed by atoms with Gasteiger partial charge in [-0.15, -0.1) is 0 Å². The summed E-state index contributed by atoms with van der Waals surface area (Å²) in [7, 11) is 0. The second kappa shape index (κ2) is 6.53. The summed E-state index contributed by atoms with van der Waals surface area (Å²) in [5, 5.41) is 16.9. The standard InChI is InChI=1S/C14H20N6O/c21-14-5-4-13(18-19-14)20-6-2-1-3-12(20)10-15-7-11-8-16-17-9-11/h4-5,8-9,12,15H,1-3,6-7,10H2,(H,16,17)(H,19,21). The number of aromatic nitrogens is 4. The Labute approximate surface area is 122 Å². The number of aromatic amines is 2. The molecule has 1 fully saturated rings. The van der Waals surface area contributed by atoms with Gasteiger partial charge in [-0.3, -0.25) is 9.89 Å². The predicted molar refractivity (Wildman–Crippen MR) is 80.1 cm³/mol. The molecule has 0 bridgehead atoms. The van der Waals surface area contributed by atoms with E-state index in [2.05, 4.69) is 30.6 Å². The fourth-order valence-electron chi connectivity index (χ4n) is 2.77. The van der Waals surface area contributed by atoms with Crippen LogP contribution in [0, 0.1) is 0 Å². The molecule has 3 rings (SSSR count). The molecular formula is C14H20N6O. The highest BCUT2D eigenvalue weighted by Gasteiger charge is 2.23. The number of nitrogens with zero attached hydrogens (tertiary/aromatic N) is 3. The zero-order chi connectivity index (χ0) is 14.5. The molecule has 112 valence electrons. The van der Waals surface area contributed by atoms with Crippen molar-refractivity contribution >= 4 is 5.82 Å². The van der Waals surface area contributed by atoms with Gasteiger partial charge in [-0.2, -0.15) is 10.2 Å². The first-order valence-corrected chi connectivity index (χ1v) is 7.34. The Morgan fingerprint density at radius 2 is 2.33 bits per heavy atom. The Bertz CT molecular complexity index is 588. The molecule has 0 radical (unpaired) electrons. The molecule has 1 aliphatic rings. The molecule has 21 heavy (non-hydrogen) atoms. The average Bonchev–Trinajstić information content (AvgIpc) is 3.02. The van der Waals surface area contributed by atoms with Crippen molar-refractivity contribution in [2.45, 2.75) is 31.8 Å². The summed E-state index contributed by atoms with van der Waals surface area (Å²) in [5.41, 5.74) is 0.991. The lowest BCUT2D eigenvalue weighted by molar-refractivity contribution is 0.431. The second-order valence-electron chi connectivity index (χ2n) is 5.36. The van der Waals surface area contributed by atoms with Gasteiger partial charge in [0.25, 0.3) is 5.56 Å². The van der Waals surface area contributed by atoms with E-state index in [-0.39, 0.29) is 5.56 Å². The summed E-state index contributed by atoms with van der Waals surface area (Å²) < 4.78 is 0. The van der Waals surface area contributed by atoms with Crippen LogP contribution >= 0.6 is 0 Å². The maximum atomic E-state index is 11.1. The van der Waals surface area contributed by atoms with Gasteiger partial charge in [0.1, 0.15) is 5.82 Å². The summed E-state index contributed by atoms with van der Waals surface area (Å²) in [5.74, 6) is 0.851. The summed E-state index contributed by atoms with van der Waals surface area (Å²) in [4.78, 5) is 13.4. The minimum atomic E-state index is -0.162. The van der Waals surface area contributed by atoms with Gasteiger partial charge in [-0.05, 0) is 25.3 Å². The van der Waals surface area contributed by atoms with Gasteiger partial charge >= 0.3 is 0 Å². The van der Waals surface area contributed by atoms with Crippen molar-refractivity contribution in [1.29, 1.82) is 0 Å². The predicted octanol–water partition coefficient (Wildman–Crippen LogP) is 0.642. The minimum absolute atomic E-state index is 0.162. The van der Waals surface area contributed by atoms with Crippen molar-refractivity contribution in [2.24, 2.45) is 0 Å². The van der Waals surface area contributed by atoms with E-state index in [1.54, 1.807) is 6.07 Å². The zero-order valence-electron chi connectivity index (χ0n) is 11.9. The van der Waals surface area contributed by atoms with Crippen LogP contribution in [-0.2, 0) is 6.54 Å². The Morgan fingerprint density at radius 1 is 1.38 bits per heavy atom. The van der Waals surface area contributed by atoms with E-state index in [1.165, 1.54) is 18.9 Å². The number of hydrogen-bond donors (Lipinski definition) is 3. The van der Waals surface area contributed by atoms with E-state index in [9.17, 15) is 4.79 Å². The minimum Gasteiger partial charge on any atom is -0.351 e. The molecule has 1 aliphatic heterocycles. The number of H-pyrrole nitrogens is 2. The SMILES string of the molecule is O=c1ccc(N2CCCCC2CNCc2cn[nH]c2)n[nH]1. The Balaban J connectivity index is 1.61. The summed E-state index contributed by atoms with van der Waals surface area (Å²) in [6.07, 6.45) is 7.26. The van der Waals surface area contributed by atoms with Crippen LogP contribution in [0.15, 0.2) is 29.3 Å². The van der Waals surface area contributed by atoms with Crippen LogP contribution in [0.5, 0.6) is 0 Å². The van der Waals surface area contributed by atoms with E-state index < -0.39 is 0 Å². The number of nitrogens with one attached hydrogen (secondary N) is 3. The van der Waals surface area contributed by atoms with Crippen LogP contribution < -0.4 is 15.8 Å². The highest BCUT2D eigenvalue weighted by Crippen LogP contribution is 2.21. The van der Waals surface area contributed by atoms with Gasteiger partial charge in [0.15, 0.2) is 0 Å². The highest BCUT2D eigenvalue weighted by atomic mass is 16.1. The number of piperidine rings is 1. The molecule has 1 unspecified atom stereocenters. The summed E-state index contributed by atoms with van der Waals surface area (Å²) >= 11 is 0. The molecule has 7 heteroatoms. The Hall–Kier alpha value is -2.15. The lowest BCUT2D eigenvalue weighted by Crippen LogP contribution is -2.46. The van der Waals surface area contributed by atoms with Crippen molar-refractivity contribution < 1.29 is 0 Å². The molecule has 0 amide bonds. The second-order valence-corrected chi connectivity index (χ2v) is 5.36. The van der Waals surface area contributed by atoms with E-state index in [1.807, 2.05) is 12.4 Å². The van der Waals surface area contributed by atoms with Crippen LogP contribution in [0.3, 0.4) is 0 Å². The van der Waals surface area contributed by atoms with E-state index in [4.69, 9.17) is 0 Å². The molecule has 1 atom stereocenters. The van der Waals surface area contributed by atoms with Gasteiger partial charge in [0, 0.05) is 43.5 Å². The fourth-order valence-corrected chi connectivity index (χ4v) is 2.77. The smallest absolute Gasteiger partial charge is 0.264 e. The molecule has 3 heterocycles. The first-order valence-electron chi connectivity index (χ1n) is 7.34. The first-order chi connectivity index (χ1) is 10.3. The molecule has 7 nitrogen and oxygen atoms in total. The van der Waals surface area contributed by atoms with Gasteiger partial charge in [0.05, 0.1) is 6.20 Å². The van der Waals surface area contributed by atoms with E-state index >= 15 is 0 Å². The molecule has 2 aromatic rings. The number of hydrogen-bond acceptors (Lipinski definition) is 5. The Kier molecular flexibility index (Phi) is 4.30. The van der Waals surface area contributed by atoms with Crippen LogP contribution in [0.4, 0.5) is 5.82 Å². The maximum Gasteiger partial charge on any atom is 0.264 e. The van der Waals surface area contributed by atoms with Gasteiger partial charge < -0.3 is 10.2 Å². The monoisotopic (exact) mass is 288 g/mol. The largest absolute Gasteiger partial charge is 0.351 e. The van der Waals surface area contributed by atoms with E-state index in [0.717, 1.165) is 37.4 Å². The first kappa shape index (κ1) is 13.8. The van der Waals surface area contributed by atoms with Gasteiger partial charge in [-0.1, -0.05) is 0 Å². The van der Waals surface area contributed by atoms with Crippen molar-refractivity contribution in [1.82, 2.24) is 25.7 Å². The molecule has 0 saturated carbocycles. The third kappa shape index (κ3) is 3.49. The molecule has 1 saturated heterocycles. The molecular weight excluding hydrogens is 268 g/mol. The highest BCUT2D eigenvalue weighted by molar-refractivity contribution is 5.38. The molecule has 0 aliphatic carbocycles. The van der Waals surface area contributed by atoms with Crippen molar-refractivity contribution in [2.75, 3.05) is 18.0 Å². The number of anilines is 1. The maximum absolute atomic E-state index is 11.1. The summed E-state index contributed by atoms with van der Waals surface area (Å²) in [6.45, 7) is 2.68. The Morgan fingerprint density at radius 3 is 3.10 bits per heavy atom.